The van der Waals surface area contributed by atoms with E-state index in [2.05, 4.69) is 15.0 Å². The first kappa shape index (κ1) is 17.1. The Morgan fingerprint density at radius 3 is 2.43 bits per heavy atom. The molecule has 2 rings (SSSR count). The molecule has 1 N–H and O–H groups in total. The first-order valence-corrected chi connectivity index (χ1v) is 7.54. The summed E-state index contributed by atoms with van der Waals surface area (Å²) in [6, 6.07) is 7.56. The number of carbonyl (C=O) groups is 3. The largest absolute Gasteiger partial charge is 0.462 e. The van der Waals surface area contributed by atoms with Crippen molar-refractivity contribution in [2.24, 2.45) is 0 Å². The molecule has 1 aromatic rings. The predicted molar refractivity (Wildman–Crippen MR) is 85.3 cm³/mol. The van der Waals surface area contributed by atoms with Crippen molar-refractivity contribution in [1.82, 2.24) is 10.2 Å². The number of hydrogen-bond donors (Lipinski definition) is 1. The van der Waals surface area contributed by atoms with Gasteiger partial charge in [0.25, 0.3) is 0 Å². The Bertz CT molecular complexity index is 600. The molecule has 0 spiro atoms. The van der Waals surface area contributed by atoms with E-state index < -0.39 is 11.9 Å². The minimum absolute atomic E-state index is 0.222. The fourth-order valence-corrected chi connectivity index (χ4v) is 2.59. The number of ether oxygens (including phenoxy) is 1. The van der Waals surface area contributed by atoms with E-state index in [0.717, 1.165) is 12.8 Å². The van der Waals surface area contributed by atoms with E-state index in [1.54, 1.807) is 4.90 Å². The summed E-state index contributed by atoms with van der Waals surface area (Å²) in [5, 5.41) is 2.92. The van der Waals surface area contributed by atoms with E-state index in [-0.39, 0.29) is 12.5 Å². The van der Waals surface area contributed by atoms with Gasteiger partial charge in [-0.2, -0.15) is 0 Å². The van der Waals surface area contributed by atoms with Crippen LogP contribution in [0.5, 0.6) is 0 Å². The molecule has 124 valence electrons. The second-order valence-corrected chi connectivity index (χ2v) is 5.40. The fourth-order valence-electron chi connectivity index (χ4n) is 2.34. The number of benzene rings is 1. The van der Waals surface area contributed by atoms with Crippen molar-refractivity contribution in [3.8, 4) is 0 Å². The zero-order chi connectivity index (χ0) is 16.8. The Morgan fingerprint density at radius 2 is 1.83 bits per heavy atom. The number of hydrogen-bond acceptors (Lipinski definition) is 5. The third-order valence-electron chi connectivity index (χ3n) is 3.60. The van der Waals surface area contributed by atoms with Crippen LogP contribution in [-0.2, 0) is 19.1 Å². The number of anilines is 1. The molecule has 7 nitrogen and oxygen atoms in total. The summed E-state index contributed by atoms with van der Waals surface area (Å²) in [5.41, 5.74) is 0.945. The summed E-state index contributed by atoms with van der Waals surface area (Å²) in [5.74, 6) is -2.17. The highest BCUT2D eigenvalue weighted by molar-refractivity contribution is 6.33. The fraction of sp³-hybridized carbons (Fsp3) is 0.400. The van der Waals surface area contributed by atoms with Gasteiger partial charge in [0.05, 0.1) is 24.4 Å². The summed E-state index contributed by atoms with van der Waals surface area (Å²) >= 11 is 6.17. The molecular weight excluding hydrogens is 322 g/mol. The molecule has 8 heteroatoms. The van der Waals surface area contributed by atoms with Gasteiger partial charge in [-0.05, 0) is 12.1 Å². The van der Waals surface area contributed by atoms with E-state index >= 15 is 0 Å². The normalized spacial score (nSPS) is 14.3. The highest BCUT2D eigenvalue weighted by Gasteiger charge is 2.23. The van der Waals surface area contributed by atoms with Crippen LogP contribution >= 0.6 is 11.6 Å². The number of nitrogens with one attached hydrogen (secondary N) is 1. The number of methoxy groups -OCH3 is 1. The number of rotatable bonds is 3. The average Bonchev–Trinajstić information content (AvgIpc) is 2.59. The number of piperazine rings is 1. The van der Waals surface area contributed by atoms with E-state index in [1.165, 1.54) is 0 Å². The smallest absolute Gasteiger partial charge is 0.396 e. The Balaban J connectivity index is 1.82. The Hall–Kier alpha value is -2.28. The van der Waals surface area contributed by atoms with E-state index in [9.17, 15) is 14.4 Å². The van der Waals surface area contributed by atoms with Crippen LogP contribution in [-0.4, -0.2) is 62.5 Å². The van der Waals surface area contributed by atoms with Crippen molar-refractivity contribution in [2.45, 2.75) is 0 Å². The maximum Gasteiger partial charge on any atom is 0.396 e. The Kier molecular flexibility index (Phi) is 5.81. The van der Waals surface area contributed by atoms with Crippen LogP contribution in [0.25, 0.3) is 0 Å². The molecule has 1 heterocycles. The van der Waals surface area contributed by atoms with Gasteiger partial charge in [0, 0.05) is 26.2 Å². The molecular formula is C15H18ClN3O4. The first-order chi connectivity index (χ1) is 11.0. The van der Waals surface area contributed by atoms with Crippen LogP contribution in [0.2, 0.25) is 5.02 Å². The molecule has 1 aliphatic rings. The maximum absolute atomic E-state index is 12.0. The molecule has 23 heavy (non-hydrogen) atoms. The standard InChI is InChI=1S/C15H18ClN3O4/c1-23-15(22)14(21)17-10-13(20)19-8-6-18(7-9-19)12-5-3-2-4-11(12)16/h2-5H,6-10H2,1H3,(H,17,21). The van der Waals surface area contributed by atoms with Crippen molar-refractivity contribution >= 4 is 35.1 Å². The van der Waals surface area contributed by atoms with E-state index in [4.69, 9.17) is 11.6 Å². The lowest BCUT2D eigenvalue weighted by molar-refractivity contribution is -0.153. The second kappa shape index (κ2) is 7.82. The molecule has 1 saturated heterocycles. The average molecular weight is 340 g/mol. The summed E-state index contributed by atoms with van der Waals surface area (Å²) < 4.78 is 4.27. The number of carbonyl (C=O) groups excluding carboxylic acids is 3. The highest BCUT2D eigenvalue weighted by Crippen LogP contribution is 2.25. The van der Waals surface area contributed by atoms with Crippen molar-refractivity contribution in [3.05, 3.63) is 29.3 Å². The summed E-state index contributed by atoms with van der Waals surface area (Å²) in [4.78, 5) is 38.0. The number of amides is 2. The molecule has 1 aliphatic heterocycles. The van der Waals surface area contributed by atoms with E-state index in [1.807, 2.05) is 24.3 Å². The third-order valence-corrected chi connectivity index (χ3v) is 3.92. The molecule has 0 radical (unpaired) electrons. The first-order valence-electron chi connectivity index (χ1n) is 7.16. The summed E-state index contributed by atoms with van der Waals surface area (Å²) in [7, 11) is 1.11. The Labute approximate surface area is 139 Å². The molecule has 2 amide bonds. The van der Waals surface area contributed by atoms with Crippen LogP contribution in [0.1, 0.15) is 0 Å². The lowest BCUT2D eigenvalue weighted by Crippen LogP contribution is -2.51. The molecule has 1 fully saturated rings. The maximum atomic E-state index is 12.0. The second-order valence-electron chi connectivity index (χ2n) is 4.99. The van der Waals surface area contributed by atoms with Gasteiger partial charge in [-0.3, -0.25) is 9.59 Å². The molecule has 0 aliphatic carbocycles. The minimum atomic E-state index is -1.01. The van der Waals surface area contributed by atoms with Crippen molar-refractivity contribution < 1.29 is 19.1 Å². The molecule has 0 unspecified atom stereocenters. The van der Waals surface area contributed by atoms with Gasteiger partial charge in [0.2, 0.25) is 5.91 Å². The van der Waals surface area contributed by atoms with Gasteiger partial charge in [0.15, 0.2) is 0 Å². The van der Waals surface area contributed by atoms with Gasteiger partial charge in [0.1, 0.15) is 0 Å². The van der Waals surface area contributed by atoms with Gasteiger partial charge in [-0.25, -0.2) is 4.79 Å². The third kappa shape index (κ3) is 4.35. The number of esters is 1. The lowest BCUT2D eigenvalue weighted by Gasteiger charge is -2.36. The van der Waals surface area contributed by atoms with Gasteiger partial charge in [-0.1, -0.05) is 23.7 Å². The van der Waals surface area contributed by atoms with Crippen molar-refractivity contribution in [3.63, 3.8) is 0 Å². The highest BCUT2D eigenvalue weighted by atomic mass is 35.5. The molecule has 0 bridgehead atoms. The SMILES string of the molecule is COC(=O)C(=O)NCC(=O)N1CCN(c2ccccc2Cl)CC1. The van der Waals surface area contributed by atoms with Crippen molar-refractivity contribution in [1.29, 1.82) is 0 Å². The lowest BCUT2D eigenvalue weighted by atomic mass is 10.2. The van der Waals surface area contributed by atoms with Crippen LogP contribution in [0.3, 0.4) is 0 Å². The van der Waals surface area contributed by atoms with Gasteiger partial charge >= 0.3 is 11.9 Å². The van der Waals surface area contributed by atoms with Gasteiger partial charge in [-0.15, -0.1) is 0 Å². The van der Waals surface area contributed by atoms with Crippen LogP contribution < -0.4 is 10.2 Å². The molecule has 0 atom stereocenters. The van der Waals surface area contributed by atoms with Crippen LogP contribution in [0.15, 0.2) is 24.3 Å². The molecule has 0 aromatic heterocycles. The molecule has 0 saturated carbocycles. The topological polar surface area (TPSA) is 78.9 Å². The molecule has 1 aromatic carbocycles. The van der Waals surface area contributed by atoms with Crippen LogP contribution in [0, 0.1) is 0 Å². The number of nitrogens with zero attached hydrogens (tertiary/aromatic N) is 2. The zero-order valence-corrected chi connectivity index (χ0v) is 13.5. The zero-order valence-electron chi connectivity index (χ0n) is 12.8. The van der Waals surface area contributed by atoms with Crippen LogP contribution in [0.4, 0.5) is 5.69 Å². The monoisotopic (exact) mass is 339 g/mol. The van der Waals surface area contributed by atoms with Gasteiger partial charge < -0.3 is 19.9 Å². The summed E-state index contributed by atoms with van der Waals surface area (Å²) in [6.07, 6.45) is 0. The predicted octanol–water partition coefficient (Wildman–Crippen LogP) is 0.278. The quantitative estimate of drug-likeness (QED) is 0.632. The van der Waals surface area contributed by atoms with E-state index in [0.29, 0.717) is 31.2 Å². The number of para-hydroxylation sites is 1. The summed E-state index contributed by atoms with van der Waals surface area (Å²) in [6.45, 7) is 2.14. The number of halogens is 1. The Morgan fingerprint density at radius 1 is 1.17 bits per heavy atom. The van der Waals surface area contributed by atoms with Crippen molar-refractivity contribution in [2.75, 3.05) is 44.7 Å². The minimum Gasteiger partial charge on any atom is -0.462 e.